The highest BCUT2D eigenvalue weighted by Crippen LogP contribution is 2.36. The molecule has 1 aliphatic heterocycles. The van der Waals surface area contributed by atoms with Gasteiger partial charge in [-0.25, -0.2) is 4.79 Å². The first-order valence-corrected chi connectivity index (χ1v) is 7.12. The fourth-order valence-electron chi connectivity index (χ4n) is 2.45. The Balaban J connectivity index is 2.31. The van der Waals surface area contributed by atoms with E-state index in [1.54, 1.807) is 20.8 Å². The monoisotopic (exact) mass is 286 g/mol. The lowest BCUT2D eigenvalue weighted by Crippen LogP contribution is -2.36. The van der Waals surface area contributed by atoms with Crippen LogP contribution in [0.1, 0.15) is 45.6 Å². The molecule has 1 aromatic carbocycles. The molecule has 1 aromatic rings. The molecule has 1 aliphatic rings. The van der Waals surface area contributed by atoms with Gasteiger partial charge in [0.1, 0.15) is 5.76 Å². The summed E-state index contributed by atoms with van der Waals surface area (Å²) < 4.78 is 11.1. The highest BCUT2D eigenvalue weighted by Gasteiger charge is 2.34. The highest BCUT2D eigenvalue weighted by molar-refractivity contribution is 5.89. The van der Waals surface area contributed by atoms with Gasteiger partial charge in [-0.15, -0.1) is 0 Å². The summed E-state index contributed by atoms with van der Waals surface area (Å²) in [7, 11) is 0. The van der Waals surface area contributed by atoms with Crippen molar-refractivity contribution in [2.75, 3.05) is 0 Å². The van der Waals surface area contributed by atoms with Gasteiger partial charge in [0, 0.05) is 26.2 Å². The predicted molar refractivity (Wildman–Crippen MR) is 82.6 cm³/mol. The zero-order valence-electron chi connectivity index (χ0n) is 13.1. The topological polar surface area (TPSA) is 35.5 Å². The minimum atomic E-state index is -0.914. The van der Waals surface area contributed by atoms with Crippen LogP contribution in [0.3, 0.4) is 0 Å². The lowest BCUT2D eigenvalue weighted by Gasteiger charge is -2.34. The molecule has 0 N–H and O–H groups in total. The zero-order valence-corrected chi connectivity index (χ0v) is 13.1. The summed E-state index contributed by atoms with van der Waals surface area (Å²) in [5.74, 6) is -0.414. The second kappa shape index (κ2) is 5.76. The molecule has 1 heterocycles. The van der Waals surface area contributed by atoms with Crippen molar-refractivity contribution in [3.63, 3.8) is 0 Å². The molecule has 0 radical (unpaired) electrons. The molecule has 0 bridgehead atoms. The Labute approximate surface area is 126 Å². The summed E-state index contributed by atoms with van der Waals surface area (Å²) >= 11 is 0. The average Bonchev–Trinajstić information content (AvgIpc) is 2.41. The molecule has 0 unspecified atom stereocenters. The molecule has 0 fully saturated rings. The van der Waals surface area contributed by atoms with Crippen molar-refractivity contribution < 1.29 is 14.3 Å². The first-order chi connectivity index (χ1) is 9.80. The molecule has 0 aliphatic carbocycles. The van der Waals surface area contributed by atoms with Gasteiger partial charge in [0.25, 0.3) is 0 Å². The SMILES string of the molecule is C=C(C)[C@H](CC1=C(C)C(=O)OC(C)(C)O1)c1ccccc1. The van der Waals surface area contributed by atoms with E-state index in [-0.39, 0.29) is 11.9 Å². The lowest BCUT2D eigenvalue weighted by molar-refractivity contribution is -0.208. The second-order valence-corrected chi connectivity index (χ2v) is 5.95. The summed E-state index contributed by atoms with van der Waals surface area (Å²) in [4.78, 5) is 11.9. The number of carbonyl (C=O) groups excluding carboxylic acids is 1. The first-order valence-electron chi connectivity index (χ1n) is 7.12. The summed E-state index contributed by atoms with van der Waals surface area (Å²) in [5.41, 5.74) is 2.75. The van der Waals surface area contributed by atoms with E-state index in [2.05, 4.69) is 18.7 Å². The first kappa shape index (κ1) is 15.4. The summed E-state index contributed by atoms with van der Waals surface area (Å²) in [6.45, 7) is 11.3. The molecule has 3 heteroatoms. The Hall–Kier alpha value is -2.03. The molecule has 0 aromatic heterocycles. The van der Waals surface area contributed by atoms with Crippen LogP contribution in [0, 0.1) is 0 Å². The van der Waals surface area contributed by atoms with E-state index in [0.29, 0.717) is 17.8 Å². The van der Waals surface area contributed by atoms with Crippen molar-refractivity contribution in [1.82, 2.24) is 0 Å². The van der Waals surface area contributed by atoms with Crippen LogP contribution >= 0.6 is 0 Å². The summed E-state index contributed by atoms with van der Waals surface area (Å²) in [6.07, 6.45) is 0.615. The van der Waals surface area contributed by atoms with Gasteiger partial charge in [-0.1, -0.05) is 42.5 Å². The Morgan fingerprint density at radius 2 is 1.86 bits per heavy atom. The van der Waals surface area contributed by atoms with E-state index in [1.165, 1.54) is 5.56 Å². The van der Waals surface area contributed by atoms with Gasteiger partial charge < -0.3 is 9.47 Å². The normalized spacial score (nSPS) is 18.8. The lowest BCUT2D eigenvalue weighted by atomic mass is 9.88. The average molecular weight is 286 g/mol. The van der Waals surface area contributed by atoms with E-state index < -0.39 is 5.79 Å². The molecule has 0 amide bonds. The van der Waals surface area contributed by atoms with Crippen LogP contribution in [0.5, 0.6) is 0 Å². The number of hydrogen-bond acceptors (Lipinski definition) is 3. The largest absolute Gasteiger partial charge is 0.457 e. The molecular formula is C18H22O3. The van der Waals surface area contributed by atoms with Crippen molar-refractivity contribution in [1.29, 1.82) is 0 Å². The zero-order chi connectivity index (χ0) is 15.6. The van der Waals surface area contributed by atoms with Gasteiger partial charge in [-0.2, -0.15) is 0 Å². The van der Waals surface area contributed by atoms with Gasteiger partial charge in [0.05, 0.1) is 5.57 Å². The minimum absolute atomic E-state index is 0.123. The van der Waals surface area contributed by atoms with Crippen LogP contribution in [0.4, 0.5) is 0 Å². The van der Waals surface area contributed by atoms with Crippen LogP contribution in [-0.4, -0.2) is 11.8 Å². The van der Waals surface area contributed by atoms with E-state index in [1.807, 2.05) is 25.1 Å². The van der Waals surface area contributed by atoms with E-state index in [4.69, 9.17) is 9.47 Å². The molecule has 112 valence electrons. The molecule has 0 spiro atoms. The quantitative estimate of drug-likeness (QED) is 0.611. The van der Waals surface area contributed by atoms with Crippen LogP contribution in [0.25, 0.3) is 0 Å². The fraction of sp³-hybridized carbons (Fsp3) is 0.389. The van der Waals surface area contributed by atoms with E-state index in [9.17, 15) is 4.79 Å². The van der Waals surface area contributed by atoms with Crippen LogP contribution in [-0.2, 0) is 14.3 Å². The van der Waals surface area contributed by atoms with Gasteiger partial charge in [-0.05, 0) is 19.4 Å². The third kappa shape index (κ3) is 3.54. The maximum atomic E-state index is 11.9. The van der Waals surface area contributed by atoms with Gasteiger partial charge in [-0.3, -0.25) is 0 Å². The second-order valence-electron chi connectivity index (χ2n) is 5.95. The third-order valence-corrected chi connectivity index (χ3v) is 3.62. The van der Waals surface area contributed by atoms with Gasteiger partial charge in [0.2, 0.25) is 5.79 Å². The molecule has 21 heavy (non-hydrogen) atoms. The van der Waals surface area contributed by atoms with Crippen molar-refractivity contribution in [2.24, 2.45) is 0 Å². The number of rotatable bonds is 4. The third-order valence-electron chi connectivity index (χ3n) is 3.62. The van der Waals surface area contributed by atoms with E-state index in [0.717, 1.165) is 5.57 Å². The maximum Gasteiger partial charge on any atom is 0.340 e. The van der Waals surface area contributed by atoms with Crippen molar-refractivity contribution in [2.45, 2.75) is 45.8 Å². The molecule has 1 atom stereocenters. The van der Waals surface area contributed by atoms with Crippen LogP contribution in [0.15, 0.2) is 53.8 Å². The predicted octanol–water partition coefficient (Wildman–Crippen LogP) is 4.32. The number of benzene rings is 1. The van der Waals surface area contributed by atoms with Crippen molar-refractivity contribution in [3.8, 4) is 0 Å². The number of carbonyl (C=O) groups is 1. The smallest absolute Gasteiger partial charge is 0.340 e. The highest BCUT2D eigenvalue weighted by atomic mass is 16.7. The van der Waals surface area contributed by atoms with Crippen molar-refractivity contribution in [3.05, 3.63) is 59.4 Å². The summed E-state index contributed by atoms with van der Waals surface area (Å²) in [5, 5.41) is 0. The van der Waals surface area contributed by atoms with Crippen molar-refractivity contribution >= 4 is 5.97 Å². The van der Waals surface area contributed by atoms with Crippen LogP contribution < -0.4 is 0 Å². The van der Waals surface area contributed by atoms with E-state index >= 15 is 0 Å². The Bertz CT molecular complexity index is 582. The molecule has 0 saturated heterocycles. The number of ether oxygens (including phenoxy) is 2. The molecular weight excluding hydrogens is 264 g/mol. The van der Waals surface area contributed by atoms with Gasteiger partial charge >= 0.3 is 5.97 Å². The van der Waals surface area contributed by atoms with Crippen LogP contribution in [0.2, 0.25) is 0 Å². The molecule has 0 saturated carbocycles. The summed E-state index contributed by atoms with van der Waals surface area (Å²) in [6, 6.07) is 10.1. The number of cyclic esters (lactones) is 1. The Morgan fingerprint density at radius 3 is 2.43 bits per heavy atom. The fourth-order valence-corrected chi connectivity index (χ4v) is 2.45. The molecule has 3 nitrogen and oxygen atoms in total. The standard InChI is InChI=1S/C18H22O3/c1-12(2)15(14-9-7-6-8-10-14)11-16-13(3)17(19)21-18(4,5)20-16/h6-10,15H,1,11H2,2-5H3/t15-/m0/s1. The Kier molecular flexibility index (Phi) is 4.21. The Morgan fingerprint density at radius 1 is 1.24 bits per heavy atom. The number of esters is 1. The van der Waals surface area contributed by atoms with Gasteiger partial charge in [0.15, 0.2) is 0 Å². The number of allylic oxidation sites excluding steroid dienone is 2. The minimum Gasteiger partial charge on any atom is -0.457 e. The number of hydrogen-bond donors (Lipinski definition) is 0. The maximum absolute atomic E-state index is 11.9. The molecule has 2 rings (SSSR count).